The number of piperidine rings is 1. The molecule has 2 heteroatoms. The molecule has 0 radical (unpaired) electrons. The van der Waals surface area contributed by atoms with Crippen LogP contribution in [0.5, 0.6) is 0 Å². The summed E-state index contributed by atoms with van der Waals surface area (Å²) in [4.78, 5) is 2.58. The van der Waals surface area contributed by atoms with Gasteiger partial charge in [0.05, 0.1) is 0 Å². The second-order valence-corrected chi connectivity index (χ2v) is 4.40. The minimum atomic E-state index is 0.733. The molecule has 1 aliphatic rings. The molecule has 0 N–H and O–H groups in total. The number of alkyl halides is 1. The predicted octanol–water partition coefficient (Wildman–Crippen LogP) is 2.50. The van der Waals surface area contributed by atoms with Crippen LogP contribution in [-0.4, -0.2) is 29.4 Å². The van der Waals surface area contributed by atoms with Crippen LogP contribution >= 0.6 is 15.9 Å². The Hall–Kier alpha value is 0.440. The summed E-state index contributed by atoms with van der Waals surface area (Å²) in [5.41, 5.74) is 0. The third kappa shape index (κ3) is 2.75. The normalized spacial score (nSPS) is 27.8. The quantitative estimate of drug-likeness (QED) is 0.646. The van der Waals surface area contributed by atoms with Crippen LogP contribution in [0.1, 0.15) is 26.7 Å². The summed E-state index contributed by atoms with van der Waals surface area (Å²) < 4.78 is 0. The minimum absolute atomic E-state index is 0.733. The van der Waals surface area contributed by atoms with Gasteiger partial charge in [-0.25, -0.2) is 0 Å². The third-order valence-electron chi connectivity index (χ3n) is 2.50. The number of hydrogen-bond donors (Lipinski definition) is 0. The zero-order valence-electron chi connectivity index (χ0n) is 7.52. The Morgan fingerprint density at radius 2 is 2.27 bits per heavy atom. The molecule has 0 aromatic rings. The van der Waals surface area contributed by atoms with Crippen LogP contribution in [0.25, 0.3) is 0 Å². The Balaban J connectivity index is 2.33. The smallest absolute Gasteiger partial charge is 0.00718 e. The van der Waals surface area contributed by atoms with Crippen molar-refractivity contribution < 1.29 is 0 Å². The van der Waals surface area contributed by atoms with Gasteiger partial charge in [-0.05, 0) is 39.2 Å². The van der Waals surface area contributed by atoms with Crippen molar-refractivity contribution in [3.63, 3.8) is 0 Å². The lowest BCUT2D eigenvalue weighted by Gasteiger charge is -2.34. The highest BCUT2D eigenvalue weighted by Crippen LogP contribution is 2.19. The standard InChI is InChI=1S/C9H18BrN/c1-8(2)11-5-3-4-9(6-10)7-11/h8-9H,3-7H2,1-2H3. The van der Waals surface area contributed by atoms with Gasteiger partial charge in [0.15, 0.2) is 0 Å². The summed E-state index contributed by atoms with van der Waals surface area (Å²) in [6, 6.07) is 0.733. The molecular formula is C9H18BrN. The van der Waals surface area contributed by atoms with Crippen LogP contribution in [0.15, 0.2) is 0 Å². The SMILES string of the molecule is CC(C)N1CCCC(CBr)C1. The second-order valence-electron chi connectivity index (χ2n) is 3.75. The first kappa shape index (κ1) is 9.53. The molecule has 1 heterocycles. The van der Waals surface area contributed by atoms with Gasteiger partial charge in [0.1, 0.15) is 0 Å². The molecule has 1 unspecified atom stereocenters. The minimum Gasteiger partial charge on any atom is -0.301 e. The van der Waals surface area contributed by atoms with Crippen molar-refractivity contribution >= 4 is 15.9 Å². The molecule has 1 nitrogen and oxygen atoms in total. The van der Waals surface area contributed by atoms with E-state index in [4.69, 9.17) is 0 Å². The molecule has 11 heavy (non-hydrogen) atoms. The van der Waals surface area contributed by atoms with Crippen LogP contribution in [0.4, 0.5) is 0 Å². The summed E-state index contributed by atoms with van der Waals surface area (Å²) in [5, 5.41) is 1.18. The Bertz CT molecular complexity index is 114. The van der Waals surface area contributed by atoms with E-state index in [1.807, 2.05) is 0 Å². The Kier molecular flexibility index (Phi) is 3.86. The van der Waals surface area contributed by atoms with Gasteiger partial charge in [-0.15, -0.1) is 0 Å². The van der Waals surface area contributed by atoms with Gasteiger partial charge in [0.2, 0.25) is 0 Å². The Labute approximate surface area is 78.3 Å². The fourth-order valence-corrected chi connectivity index (χ4v) is 2.22. The summed E-state index contributed by atoms with van der Waals surface area (Å²) in [7, 11) is 0. The second kappa shape index (κ2) is 4.46. The van der Waals surface area contributed by atoms with Crippen molar-refractivity contribution in [1.82, 2.24) is 4.90 Å². The molecule has 1 saturated heterocycles. The van der Waals surface area contributed by atoms with Crippen LogP contribution in [0.2, 0.25) is 0 Å². The number of rotatable bonds is 2. The summed E-state index contributed by atoms with van der Waals surface area (Å²) in [5.74, 6) is 0.895. The lowest BCUT2D eigenvalue weighted by atomic mass is 9.99. The molecule has 66 valence electrons. The highest BCUT2D eigenvalue weighted by Gasteiger charge is 2.20. The number of nitrogens with zero attached hydrogens (tertiary/aromatic N) is 1. The van der Waals surface area contributed by atoms with E-state index in [1.54, 1.807) is 0 Å². The van der Waals surface area contributed by atoms with Crippen molar-refractivity contribution in [2.24, 2.45) is 5.92 Å². The van der Waals surface area contributed by atoms with Crippen molar-refractivity contribution in [2.75, 3.05) is 18.4 Å². The van der Waals surface area contributed by atoms with Crippen molar-refractivity contribution in [3.05, 3.63) is 0 Å². The van der Waals surface area contributed by atoms with Gasteiger partial charge < -0.3 is 4.90 Å². The van der Waals surface area contributed by atoms with E-state index in [-0.39, 0.29) is 0 Å². The van der Waals surface area contributed by atoms with E-state index in [9.17, 15) is 0 Å². The molecule has 0 saturated carbocycles. The molecular weight excluding hydrogens is 202 g/mol. The fourth-order valence-electron chi connectivity index (χ4n) is 1.69. The van der Waals surface area contributed by atoms with E-state index < -0.39 is 0 Å². The van der Waals surface area contributed by atoms with Crippen molar-refractivity contribution in [1.29, 1.82) is 0 Å². The number of hydrogen-bond acceptors (Lipinski definition) is 1. The van der Waals surface area contributed by atoms with Crippen molar-refractivity contribution in [3.8, 4) is 0 Å². The first-order valence-corrected chi connectivity index (χ1v) is 5.66. The molecule has 1 fully saturated rings. The Morgan fingerprint density at radius 1 is 1.55 bits per heavy atom. The molecule has 1 rings (SSSR count). The van der Waals surface area contributed by atoms with Gasteiger partial charge >= 0.3 is 0 Å². The molecule has 0 spiro atoms. The van der Waals surface area contributed by atoms with Crippen molar-refractivity contribution in [2.45, 2.75) is 32.7 Å². The van der Waals surface area contributed by atoms with Gasteiger partial charge in [0.25, 0.3) is 0 Å². The summed E-state index contributed by atoms with van der Waals surface area (Å²) >= 11 is 3.56. The van der Waals surface area contributed by atoms with Crippen LogP contribution in [0, 0.1) is 5.92 Å². The highest BCUT2D eigenvalue weighted by atomic mass is 79.9. The summed E-state index contributed by atoms with van der Waals surface area (Å²) in [6.45, 7) is 7.18. The van der Waals surface area contributed by atoms with Gasteiger partial charge in [0, 0.05) is 17.9 Å². The number of halogens is 1. The molecule has 1 atom stereocenters. The fraction of sp³-hybridized carbons (Fsp3) is 1.00. The lowest BCUT2D eigenvalue weighted by molar-refractivity contribution is 0.150. The zero-order chi connectivity index (χ0) is 8.27. The van der Waals surface area contributed by atoms with Crippen LogP contribution in [-0.2, 0) is 0 Å². The average molecular weight is 220 g/mol. The van der Waals surface area contributed by atoms with Gasteiger partial charge in [-0.2, -0.15) is 0 Å². The molecule has 1 aliphatic heterocycles. The first-order valence-electron chi connectivity index (χ1n) is 4.54. The van der Waals surface area contributed by atoms with E-state index >= 15 is 0 Å². The average Bonchev–Trinajstić information content (AvgIpc) is 2.05. The zero-order valence-corrected chi connectivity index (χ0v) is 9.10. The third-order valence-corrected chi connectivity index (χ3v) is 3.41. The molecule has 0 aromatic heterocycles. The molecule has 0 aromatic carbocycles. The van der Waals surface area contributed by atoms with Gasteiger partial charge in [-0.1, -0.05) is 15.9 Å². The monoisotopic (exact) mass is 219 g/mol. The molecule has 0 amide bonds. The Morgan fingerprint density at radius 3 is 2.82 bits per heavy atom. The van der Waals surface area contributed by atoms with E-state index in [0.717, 1.165) is 12.0 Å². The molecule has 0 bridgehead atoms. The largest absolute Gasteiger partial charge is 0.301 e. The lowest BCUT2D eigenvalue weighted by Crippen LogP contribution is -2.40. The molecule has 0 aliphatic carbocycles. The van der Waals surface area contributed by atoms with Gasteiger partial charge in [-0.3, -0.25) is 0 Å². The van der Waals surface area contributed by atoms with E-state index in [0.29, 0.717) is 0 Å². The first-order chi connectivity index (χ1) is 5.24. The topological polar surface area (TPSA) is 3.24 Å². The maximum absolute atomic E-state index is 3.56. The van der Waals surface area contributed by atoms with Crippen LogP contribution in [0.3, 0.4) is 0 Å². The number of likely N-dealkylation sites (tertiary alicyclic amines) is 1. The predicted molar refractivity (Wildman–Crippen MR) is 53.2 cm³/mol. The van der Waals surface area contributed by atoms with E-state index in [1.165, 1.54) is 31.3 Å². The maximum Gasteiger partial charge on any atom is 0.00718 e. The highest BCUT2D eigenvalue weighted by molar-refractivity contribution is 9.09. The maximum atomic E-state index is 3.56. The van der Waals surface area contributed by atoms with Crippen LogP contribution < -0.4 is 0 Å². The van der Waals surface area contributed by atoms with E-state index in [2.05, 4.69) is 34.7 Å². The summed E-state index contributed by atoms with van der Waals surface area (Å²) in [6.07, 6.45) is 2.79.